The van der Waals surface area contributed by atoms with Crippen LogP contribution in [0, 0.1) is 17.8 Å². The van der Waals surface area contributed by atoms with Gasteiger partial charge in [-0.25, -0.2) is 0 Å². The standard InChI is InChI=1S/C33H56O2/c1-4-7-9-11-13-27-14-16-29(17-15-27)26-35-33-23-22-31(34-24-6-3)25-32(33)30-20-18-28(19-21-30)12-10-8-5-2/h22-23,25,27-30H,4-21,24,26H2,1-3H3. The highest BCUT2D eigenvalue weighted by Crippen LogP contribution is 2.43. The minimum absolute atomic E-state index is 0.636. The van der Waals surface area contributed by atoms with Crippen LogP contribution in [0.2, 0.25) is 0 Å². The van der Waals surface area contributed by atoms with Gasteiger partial charge in [0.25, 0.3) is 0 Å². The molecule has 0 radical (unpaired) electrons. The van der Waals surface area contributed by atoms with Gasteiger partial charge >= 0.3 is 0 Å². The average molecular weight is 485 g/mol. The molecule has 2 aliphatic rings. The van der Waals surface area contributed by atoms with Crippen molar-refractivity contribution in [3.05, 3.63) is 23.8 Å². The quantitative estimate of drug-likeness (QED) is 0.217. The van der Waals surface area contributed by atoms with Crippen molar-refractivity contribution in [3.63, 3.8) is 0 Å². The Labute approximate surface area is 218 Å². The Balaban J connectivity index is 1.51. The molecular formula is C33H56O2. The summed E-state index contributed by atoms with van der Waals surface area (Å²) in [5.41, 5.74) is 1.43. The van der Waals surface area contributed by atoms with Crippen LogP contribution in [0.5, 0.6) is 11.5 Å². The maximum atomic E-state index is 6.59. The van der Waals surface area contributed by atoms with E-state index in [1.54, 1.807) is 0 Å². The summed E-state index contributed by atoms with van der Waals surface area (Å²) in [6, 6.07) is 6.67. The van der Waals surface area contributed by atoms with Crippen molar-refractivity contribution in [2.75, 3.05) is 13.2 Å². The van der Waals surface area contributed by atoms with Gasteiger partial charge < -0.3 is 9.47 Å². The van der Waals surface area contributed by atoms with Crippen molar-refractivity contribution in [1.29, 1.82) is 0 Å². The summed E-state index contributed by atoms with van der Waals surface area (Å²) in [6.45, 7) is 8.50. The summed E-state index contributed by atoms with van der Waals surface area (Å²) < 4.78 is 12.6. The molecule has 2 saturated carbocycles. The number of benzene rings is 1. The lowest BCUT2D eigenvalue weighted by Crippen LogP contribution is -2.21. The first kappa shape index (κ1) is 28.4. The van der Waals surface area contributed by atoms with Crippen molar-refractivity contribution in [2.24, 2.45) is 17.8 Å². The molecule has 0 saturated heterocycles. The second-order valence-corrected chi connectivity index (χ2v) is 11.8. The zero-order valence-electron chi connectivity index (χ0n) is 23.5. The molecule has 0 N–H and O–H groups in total. The van der Waals surface area contributed by atoms with E-state index in [9.17, 15) is 0 Å². The minimum atomic E-state index is 0.636. The third kappa shape index (κ3) is 10.0. The fraction of sp³-hybridized carbons (Fsp3) is 0.818. The molecule has 0 bridgehead atoms. The smallest absolute Gasteiger partial charge is 0.123 e. The average Bonchev–Trinajstić information content (AvgIpc) is 2.90. The topological polar surface area (TPSA) is 18.5 Å². The summed E-state index contributed by atoms with van der Waals surface area (Å²) >= 11 is 0. The Morgan fingerprint density at radius 2 is 1.23 bits per heavy atom. The predicted octanol–water partition coefficient (Wildman–Crippen LogP) is 10.5. The Morgan fingerprint density at radius 3 is 1.89 bits per heavy atom. The molecule has 1 aromatic carbocycles. The Kier molecular flexibility index (Phi) is 13.4. The van der Waals surface area contributed by atoms with Gasteiger partial charge in [-0.2, -0.15) is 0 Å². The van der Waals surface area contributed by atoms with Crippen LogP contribution in [0.3, 0.4) is 0 Å². The monoisotopic (exact) mass is 484 g/mol. The van der Waals surface area contributed by atoms with E-state index in [-0.39, 0.29) is 0 Å². The van der Waals surface area contributed by atoms with E-state index in [2.05, 4.69) is 39.0 Å². The van der Waals surface area contributed by atoms with Crippen molar-refractivity contribution in [3.8, 4) is 11.5 Å². The van der Waals surface area contributed by atoms with Crippen molar-refractivity contribution in [2.45, 2.75) is 142 Å². The predicted molar refractivity (Wildman–Crippen MR) is 151 cm³/mol. The number of hydrogen-bond acceptors (Lipinski definition) is 2. The van der Waals surface area contributed by atoms with Crippen LogP contribution in [-0.2, 0) is 0 Å². The van der Waals surface area contributed by atoms with Gasteiger partial charge in [0.15, 0.2) is 0 Å². The van der Waals surface area contributed by atoms with Gasteiger partial charge in [0.1, 0.15) is 11.5 Å². The van der Waals surface area contributed by atoms with Crippen LogP contribution >= 0.6 is 0 Å². The molecular weight excluding hydrogens is 428 g/mol. The van der Waals surface area contributed by atoms with Gasteiger partial charge in [-0.15, -0.1) is 0 Å². The highest BCUT2D eigenvalue weighted by Gasteiger charge is 2.26. The van der Waals surface area contributed by atoms with E-state index in [1.807, 2.05) is 0 Å². The number of rotatable bonds is 16. The first-order chi connectivity index (χ1) is 17.2. The van der Waals surface area contributed by atoms with Crippen molar-refractivity contribution < 1.29 is 9.47 Å². The number of ether oxygens (including phenoxy) is 2. The molecule has 200 valence electrons. The third-order valence-electron chi connectivity index (χ3n) is 8.86. The van der Waals surface area contributed by atoms with E-state index in [0.29, 0.717) is 5.92 Å². The highest BCUT2D eigenvalue weighted by molar-refractivity contribution is 5.43. The van der Waals surface area contributed by atoms with Crippen molar-refractivity contribution >= 4 is 0 Å². The normalized spacial score (nSPS) is 24.9. The van der Waals surface area contributed by atoms with Crippen LogP contribution in [-0.4, -0.2) is 13.2 Å². The number of unbranched alkanes of at least 4 members (excludes halogenated alkanes) is 5. The van der Waals surface area contributed by atoms with E-state index in [0.717, 1.165) is 48.9 Å². The van der Waals surface area contributed by atoms with E-state index < -0.39 is 0 Å². The van der Waals surface area contributed by atoms with Crippen molar-refractivity contribution in [1.82, 2.24) is 0 Å². The van der Waals surface area contributed by atoms with Gasteiger partial charge in [-0.3, -0.25) is 0 Å². The van der Waals surface area contributed by atoms with Gasteiger partial charge in [0.05, 0.1) is 13.2 Å². The fourth-order valence-electron chi connectivity index (χ4n) is 6.49. The summed E-state index contributed by atoms with van der Waals surface area (Å²) in [6.07, 6.45) is 24.7. The molecule has 2 fully saturated rings. The molecule has 2 heteroatoms. The Bertz CT molecular complexity index is 668. The summed E-state index contributed by atoms with van der Waals surface area (Å²) in [5.74, 6) is 5.46. The van der Waals surface area contributed by atoms with Gasteiger partial charge in [0, 0.05) is 5.56 Å². The fourth-order valence-corrected chi connectivity index (χ4v) is 6.49. The minimum Gasteiger partial charge on any atom is -0.494 e. The van der Waals surface area contributed by atoms with Gasteiger partial charge in [-0.05, 0) is 86.8 Å². The maximum absolute atomic E-state index is 6.59. The first-order valence-electron chi connectivity index (χ1n) is 15.6. The molecule has 2 aliphatic carbocycles. The lowest BCUT2D eigenvalue weighted by Gasteiger charge is -2.31. The molecule has 0 aliphatic heterocycles. The van der Waals surface area contributed by atoms with Gasteiger partial charge in [-0.1, -0.05) is 91.4 Å². The molecule has 0 atom stereocenters. The van der Waals surface area contributed by atoms with Crippen LogP contribution in [0.1, 0.15) is 148 Å². The third-order valence-corrected chi connectivity index (χ3v) is 8.86. The lowest BCUT2D eigenvalue weighted by molar-refractivity contribution is 0.175. The molecule has 0 heterocycles. The molecule has 35 heavy (non-hydrogen) atoms. The molecule has 1 aromatic rings. The lowest BCUT2D eigenvalue weighted by atomic mass is 9.76. The molecule has 3 rings (SSSR count). The van der Waals surface area contributed by atoms with Crippen LogP contribution in [0.15, 0.2) is 18.2 Å². The highest BCUT2D eigenvalue weighted by atomic mass is 16.5. The number of hydrogen-bond donors (Lipinski definition) is 0. The molecule has 2 nitrogen and oxygen atoms in total. The second-order valence-electron chi connectivity index (χ2n) is 11.8. The Hall–Kier alpha value is -1.18. The van der Waals surface area contributed by atoms with E-state index >= 15 is 0 Å². The molecule has 0 amide bonds. The molecule has 0 unspecified atom stereocenters. The first-order valence-corrected chi connectivity index (χ1v) is 15.6. The zero-order valence-corrected chi connectivity index (χ0v) is 23.5. The Morgan fingerprint density at radius 1 is 0.629 bits per heavy atom. The summed E-state index contributed by atoms with van der Waals surface area (Å²) in [7, 11) is 0. The van der Waals surface area contributed by atoms with Gasteiger partial charge in [0.2, 0.25) is 0 Å². The van der Waals surface area contributed by atoms with Crippen LogP contribution < -0.4 is 9.47 Å². The summed E-state index contributed by atoms with van der Waals surface area (Å²) in [4.78, 5) is 0. The second kappa shape index (κ2) is 16.5. The van der Waals surface area contributed by atoms with E-state index in [4.69, 9.17) is 9.47 Å². The maximum Gasteiger partial charge on any atom is 0.123 e. The van der Waals surface area contributed by atoms with Crippen LogP contribution in [0.25, 0.3) is 0 Å². The van der Waals surface area contributed by atoms with E-state index in [1.165, 1.54) is 115 Å². The SMILES string of the molecule is CCCCCCC1CCC(COc2ccc(OCCC)cc2C2CCC(CCCCC)CC2)CC1. The molecule has 0 spiro atoms. The zero-order chi connectivity index (χ0) is 24.7. The summed E-state index contributed by atoms with van der Waals surface area (Å²) in [5, 5.41) is 0. The van der Waals surface area contributed by atoms with Crippen LogP contribution in [0.4, 0.5) is 0 Å². The largest absolute Gasteiger partial charge is 0.494 e. The molecule has 0 aromatic heterocycles.